The summed E-state index contributed by atoms with van der Waals surface area (Å²) in [6.07, 6.45) is -3.69. The van der Waals surface area contributed by atoms with Crippen molar-refractivity contribution in [3.05, 3.63) is 29.3 Å². The van der Waals surface area contributed by atoms with Gasteiger partial charge in [0.1, 0.15) is 0 Å². The van der Waals surface area contributed by atoms with Crippen molar-refractivity contribution in [1.82, 2.24) is 5.32 Å². The van der Waals surface area contributed by atoms with Crippen LogP contribution in [0.4, 0.5) is 18.9 Å². The average Bonchev–Trinajstić information content (AvgIpc) is 2.91. The van der Waals surface area contributed by atoms with Crippen molar-refractivity contribution in [2.24, 2.45) is 5.92 Å². The van der Waals surface area contributed by atoms with Gasteiger partial charge in [0.25, 0.3) is 5.91 Å². The van der Waals surface area contributed by atoms with Crippen molar-refractivity contribution < 1.29 is 22.7 Å². The largest absolute Gasteiger partial charge is 0.416 e. The Morgan fingerprint density at radius 1 is 1.48 bits per heavy atom. The Morgan fingerprint density at radius 2 is 2.19 bits per heavy atom. The van der Waals surface area contributed by atoms with Crippen LogP contribution in [0, 0.1) is 5.92 Å². The number of nitrogens with one attached hydrogen (secondary N) is 1. The number of hydrogen-bond acceptors (Lipinski definition) is 3. The second kappa shape index (κ2) is 5.93. The zero-order chi connectivity index (χ0) is 15.6. The van der Waals surface area contributed by atoms with Gasteiger partial charge in [-0.1, -0.05) is 0 Å². The van der Waals surface area contributed by atoms with Crippen LogP contribution in [0.15, 0.2) is 18.2 Å². The molecule has 1 heterocycles. The highest BCUT2D eigenvalue weighted by molar-refractivity contribution is 5.99. The molecule has 2 unspecified atom stereocenters. The maximum Gasteiger partial charge on any atom is 0.416 e. The molecule has 3 N–H and O–H groups in total. The molecule has 1 saturated heterocycles. The van der Waals surface area contributed by atoms with Crippen LogP contribution in [0.5, 0.6) is 0 Å². The van der Waals surface area contributed by atoms with Gasteiger partial charge in [-0.25, -0.2) is 0 Å². The van der Waals surface area contributed by atoms with Crippen LogP contribution in [0.1, 0.15) is 29.3 Å². The molecule has 2 atom stereocenters. The summed E-state index contributed by atoms with van der Waals surface area (Å²) in [4.78, 5) is 12.1. The van der Waals surface area contributed by atoms with E-state index in [1.807, 2.05) is 0 Å². The molecule has 1 aromatic carbocycles. The van der Waals surface area contributed by atoms with Crippen molar-refractivity contribution in [1.29, 1.82) is 0 Å². The standard InChI is InChI=1S/C14H17F3N2O2/c1-8(9-4-5-21-7-9)19-13(20)11-6-10(14(15,16)17)2-3-12(11)18/h2-3,6,8-9H,4-5,7,18H2,1H3,(H,19,20). The molecular formula is C14H17F3N2O2. The number of nitrogens with two attached hydrogens (primary N) is 1. The van der Waals surface area contributed by atoms with Crippen LogP contribution in [0.2, 0.25) is 0 Å². The number of anilines is 1. The number of ether oxygens (including phenoxy) is 1. The van der Waals surface area contributed by atoms with E-state index in [-0.39, 0.29) is 23.2 Å². The van der Waals surface area contributed by atoms with Gasteiger partial charge in [-0.05, 0) is 31.5 Å². The molecule has 1 aromatic rings. The van der Waals surface area contributed by atoms with Crippen LogP contribution < -0.4 is 11.1 Å². The zero-order valence-corrected chi connectivity index (χ0v) is 11.5. The second-order valence-electron chi connectivity index (χ2n) is 5.19. The summed E-state index contributed by atoms with van der Waals surface area (Å²) in [6, 6.07) is 2.55. The molecule has 7 heteroatoms. The number of carbonyl (C=O) groups is 1. The van der Waals surface area contributed by atoms with Crippen LogP contribution in [0.3, 0.4) is 0 Å². The summed E-state index contributed by atoms with van der Waals surface area (Å²) in [7, 11) is 0. The number of alkyl halides is 3. The summed E-state index contributed by atoms with van der Waals surface area (Å²) in [5, 5.41) is 2.69. The average molecular weight is 302 g/mol. The Bertz CT molecular complexity index is 525. The molecule has 0 spiro atoms. The van der Waals surface area contributed by atoms with E-state index in [1.165, 1.54) is 0 Å². The number of halogens is 3. The minimum atomic E-state index is -4.51. The highest BCUT2D eigenvalue weighted by Crippen LogP contribution is 2.31. The fraction of sp³-hybridized carbons (Fsp3) is 0.500. The SMILES string of the molecule is CC(NC(=O)c1cc(C(F)(F)F)ccc1N)C1CCOC1. The maximum absolute atomic E-state index is 12.7. The van der Waals surface area contributed by atoms with E-state index in [0.717, 1.165) is 24.6 Å². The summed E-state index contributed by atoms with van der Waals surface area (Å²) in [6.45, 7) is 2.98. The first-order chi connectivity index (χ1) is 9.79. The third-order valence-electron chi connectivity index (χ3n) is 3.66. The van der Waals surface area contributed by atoms with Gasteiger partial charge in [0, 0.05) is 24.3 Å². The molecule has 116 valence electrons. The van der Waals surface area contributed by atoms with Crippen molar-refractivity contribution >= 4 is 11.6 Å². The first-order valence-electron chi connectivity index (χ1n) is 6.64. The van der Waals surface area contributed by atoms with Gasteiger partial charge in [0.05, 0.1) is 17.7 Å². The van der Waals surface area contributed by atoms with Crippen LogP contribution in [-0.4, -0.2) is 25.2 Å². The molecule has 0 aromatic heterocycles. The first-order valence-corrected chi connectivity index (χ1v) is 6.64. The molecule has 0 radical (unpaired) electrons. The maximum atomic E-state index is 12.7. The van der Waals surface area contributed by atoms with Crippen LogP contribution >= 0.6 is 0 Å². The van der Waals surface area contributed by atoms with Crippen molar-refractivity contribution in [2.75, 3.05) is 18.9 Å². The lowest BCUT2D eigenvalue weighted by Gasteiger charge is -2.20. The predicted octanol–water partition coefficient (Wildman–Crippen LogP) is 2.44. The molecule has 0 bridgehead atoms. The van der Waals surface area contributed by atoms with Gasteiger partial charge >= 0.3 is 6.18 Å². The Morgan fingerprint density at radius 3 is 2.76 bits per heavy atom. The van der Waals surface area contributed by atoms with E-state index >= 15 is 0 Å². The number of nitrogen functional groups attached to an aromatic ring is 1. The van der Waals surface area contributed by atoms with Crippen LogP contribution in [-0.2, 0) is 10.9 Å². The molecule has 4 nitrogen and oxygen atoms in total. The Hall–Kier alpha value is -1.76. The molecule has 1 fully saturated rings. The minimum Gasteiger partial charge on any atom is -0.398 e. The predicted molar refractivity (Wildman–Crippen MR) is 71.7 cm³/mol. The van der Waals surface area contributed by atoms with E-state index < -0.39 is 17.6 Å². The molecule has 1 amide bonds. The molecule has 0 saturated carbocycles. The third-order valence-corrected chi connectivity index (χ3v) is 3.66. The molecule has 0 aliphatic carbocycles. The Labute approximate surface area is 120 Å². The van der Waals surface area contributed by atoms with Gasteiger partial charge in [-0.15, -0.1) is 0 Å². The highest BCUT2D eigenvalue weighted by Gasteiger charge is 2.32. The number of benzene rings is 1. The Balaban J connectivity index is 2.14. The number of hydrogen-bond donors (Lipinski definition) is 2. The number of carbonyl (C=O) groups excluding carboxylic acids is 1. The topological polar surface area (TPSA) is 64.4 Å². The molecule has 21 heavy (non-hydrogen) atoms. The van der Waals surface area contributed by atoms with Gasteiger partial charge in [-0.3, -0.25) is 4.79 Å². The van der Waals surface area contributed by atoms with E-state index in [9.17, 15) is 18.0 Å². The van der Waals surface area contributed by atoms with E-state index in [2.05, 4.69) is 5.32 Å². The normalized spacial score (nSPS) is 20.3. The van der Waals surface area contributed by atoms with Crippen LogP contribution in [0.25, 0.3) is 0 Å². The third kappa shape index (κ3) is 3.66. The van der Waals surface area contributed by atoms with Crippen molar-refractivity contribution in [3.8, 4) is 0 Å². The van der Waals surface area contributed by atoms with E-state index in [0.29, 0.717) is 13.2 Å². The monoisotopic (exact) mass is 302 g/mol. The molecular weight excluding hydrogens is 285 g/mol. The van der Waals surface area contributed by atoms with E-state index in [4.69, 9.17) is 10.5 Å². The van der Waals surface area contributed by atoms with Gasteiger partial charge in [0.2, 0.25) is 0 Å². The molecule has 1 aliphatic rings. The Kier molecular flexibility index (Phi) is 4.41. The number of rotatable bonds is 3. The summed E-state index contributed by atoms with van der Waals surface area (Å²) in [5.74, 6) is -0.432. The number of amides is 1. The zero-order valence-electron chi connectivity index (χ0n) is 11.5. The van der Waals surface area contributed by atoms with Gasteiger partial charge in [0.15, 0.2) is 0 Å². The molecule has 2 rings (SSSR count). The summed E-state index contributed by atoms with van der Waals surface area (Å²) in [5.41, 5.74) is 4.59. The molecule has 1 aliphatic heterocycles. The lowest BCUT2D eigenvalue weighted by molar-refractivity contribution is -0.137. The second-order valence-corrected chi connectivity index (χ2v) is 5.19. The van der Waals surface area contributed by atoms with Gasteiger partial charge in [-0.2, -0.15) is 13.2 Å². The fourth-order valence-corrected chi connectivity index (χ4v) is 2.28. The fourth-order valence-electron chi connectivity index (χ4n) is 2.28. The highest BCUT2D eigenvalue weighted by atomic mass is 19.4. The minimum absolute atomic E-state index is 0.0235. The van der Waals surface area contributed by atoms with Crippen molar-refractivity contribution in [2.45, 2.75) is 25.6 Å². The quantitative estimate of drug-likeness (QED) is 0.843. The van der Waals surface area contributed by atoms with E-state index in [1.54, 1.807) is 6.92 Å². The first kappa shape index (κ1) is 15.6. The van der Waals surface area contributed by atoms with Gasteiger partial charge < -0.3 is 15.8 Å². The summed E-state index contributed by atoms with van der Waals surface area (Å²) >= 11 is 0. The lowest BCUT2D eigenvalue weighted by atomic mass is 10.00. The lowest BCUT2D eigenvalue weighted by Crippen LogP contribution is -2.38. The smallest absolute Gasteiger partial charge is 0.398 e. The van der Waals surface area contributed by atoms with Crippen molar-refractivity contribution in [3.63, 3.8) is 0 Å². The summed E-state index contributed by atoms with van der Waals surface area (Å²) < 4.78 is 43.3.